The van der Waals surface area contributed by atoms with Crippen LogP contribution in [0, 0.1) is 0 Å². The van der Waals surface area contributed by atoms with Crippen molar-refractivity contribution < 1.29 is 9.59 Å². The number of guanidine groups is 1. The smallest absolute Gasteiger partial charge is 0.325 e. The van der Waals surface area contributed by atoms with Gasteiger partial charge in [0.05, 0.1) is 0 Å². The highest BCUT2D eigenvalue weighted by molar-refractivity contribution is 6.35. The molecule has 180 valence electrons. The fourth-order valence-corrected chi connectivity index (χ4v) is 5.19. The third-order valence-corrected chi connectivity index (χ3v) is 7.24. The lowest BCUT2D eigenvalue weighted by Crippen LogP contribution is -2.64. The summed E-state index contributed by atoms with van der Waals surface area (Å²) in [5.41, 5.74) is 1.06. The highest BCUT2D eigenvalue weighted by Crippen LogP contribution is 2.27. The number of fused-ring (bicyclic) bond motifs is 1. The van der Waals surface area contributed by atoms with E-state index < -0.39 is 12.2 Å². The predicted octanol–water partition coefficient (Wildman–Crippen LogP) is 3.24. The molecular formula is C23H32Cl2N6O2. The van der Waals surface area contributed by atoms with Crippen LogP contribution in [0.25, 0.3) is 0 Å². The van der Waals surface area contributed by atoms with Gasteiger partial charge in [-0.05, 0) is 24.1 Å². The average Bonchev–Trinajstić information content (AvgIpc) is 3.18. The molecule has 4 rings (SSSR count). The lowest BCUT2D eigenvalue weighted by Gasteiger charge is -2.40. The highest BCUT2D eigenvalue weighted by Gasteiger charge is 2.49. The summed E-state index contributed by atoms with van der Waals surface area (Å²) in [6.07, 6.45) is 3.97. The number of unbranched alkanes of at least 4 members (excludes halogenated alkanes) is 3. The monoisotopic (exact) mass is 494 g/mol. The zero-order chi connectivity index (χ0) is 23.5. The number of rotatable bonds is 7. The molecule has 10 heteroatoms. The number of halogens is 2. The van der Waals surface area contributed by atoms with E-state index in [9.17, 15) is 9.59 Å². The van der Waals surface area contributed by atoms with Crippen molar-refractivity contribution in [1.29, 1.82) is 0 Å². The van der Waals surface area contributed by atoms with Crippen molar-refractivity contribution in [1.82, 2.24) is 24.9 Å². The Labute approximate surface area is 205 Å². The van der Waals surface area contributed by atoms with Gasteiger partial charge in [0.25, 0.3) is 5.91 Å². The molecule has 3 amide bonds. The largest absolute Gasteiger partial charge is 0.340 e. The third-order valence-electron chi connectivity index (χ3n) is 6.66. The number of carbonyl (C=O) groups is 2. The Morgan fingerprint density at radius 3 is 2.55 bits per heavy atom. The second-order valence-electron chi connectivity index (χ2n) is 8.95. The van der Waals surface area contributed by atoms with Crippen LogP contribution in [0.3, 0.4) is 0 Å². The van der Waals surface area contributed by atoms with Crippen LogP contribution in [-0.4, -0.2) is 89.5 Å². The zero-order valence-corrected chi connectivity index (χ0v) is 20.8. The Morgan fingerprint density at radius 1 is 1.09 bits per heavy atom. The van der Waals surface area contributed by atoms with Gasteiger partial charge in [0.2, 0.25) is 0 Å². The third kappa shape index (κ3) is 5.23. The van der Waals surface area contributed by atoms with Gasteiger partial charge in [0.1, 0.15) is 0 Å². The SMILES string of the molecule is CCCCCCN1C(N2CCN(Cc3ccc(Cl)cc3Cl)CC2)=NC2C1C(=O)NC(=O)N2C. The summed E-state index contributed by atoms with van der Waals surface area (Å²) in [7, 11) is 1.70. The van der Waals surface area contributed by atoms with E-state index in [0.29, 0.717) is 10.0 Å². The molecule has 2 saturated heterocycles. The molecule has 0 saturated carbocycles. The molecule has 0 bridgehead atoms. The van der Waals surface area contributed by atoms with Crippen molar-refractivity contribution in [3.05, 3.63) is 33.8 Å². The Hall–Kier alpha value is -2.03. The van der Waals surface area contributed by atoms with E-state index in [4.69, 9.17) is 28.2 Å². The molecule has 0 aliphatic carbocycles. The normalized spacial score (nSPS) is 23.6. The lowest BCUT2D eigenvalue weighted by molar-refractivity contribution is -0.127. The first-order valence-corrected chi connectivity index (χ1v) is 12.5. The van der Waals surface area contributed by atoms with Gasteiger partial charge in [-0.25, -0.2) is 9.79 Å². The van der Waals surface area contributed by atoms with Crippen LogP contribution in [0.4, 0.5) is 4.79 Å². The molecule has 8 nitrogen and oxygen atoms in total. The summed E-state index contributed by atoms with van der Waals surface area (Å²) in [5, 5.41) is 3.81. The van der Waals surface area contributed by atoms with Crippen LogP contribution < -0.4 is 5.32 Å². The van der Waals surface area contributed by atoms with Crippen LogP contribution in [-0.2, 0) is 11.3 Å². The minimum Gasteiger partial charge on any atom is -0.340 e. The Balaban J connectivity index is 1.44. The van der Waals surface area contributed by atoms with E-state index >= 15 is 0 Å². The summed E-state index contributed by atoms with van der Waals surface area (Å²) in [5.74, 6) is 0.579. The van der Waals surface area contributed by atoms with Gasteiger partial charge < -0.3 is 14.7 Å². The number of carbonyl (C=O) groups excluding carboxylic acids is 2. The molecule has 3 aliphatic rings. The fraction of sp³-hybridized carbons (Fsp3) is 0.609. The summed E-state index contributed by atoms with van der Waals surface area (Å²) >= 11 is 12.4. The quantitative estimate of drug-likeness (QED) is 0.589. The number of hydrogen-bond donors (Lipinski definition) is 1. The number of amides is 3. The molecule has 33 heavy (non-hydrogen) atoms. The molecule has 1 N–H and O–H groups in total. The first-order valence-electron chi connectivity index (χ1n) is 11.7. The molecule has 2 fully saturated rings. The van der Waals surface area contributed by atoms with Crippen molar-refractivity contribution in [3.8, 4) is 0 Å². The van der Waals surface area contributed by atoms with E-state index in [1.54, 1.807) is 13.1 Å². The minimum atomic E-state index is -0.474. The maximum atomic E-state index is 12.7. The number of nitrogens with one attached hydrogen (secondary N) is 1. The zero-order valence-electron chi connectivity index (χ0n) is 19.3. The van der Waals surface area contributed by atoms with E-state index in [1.807, 2.05) is 12.1 Å². The Kier molecular flexibility index (Phi) is 7.66. The number of aliphatic imine (C=N–C) groups is 1. The second-order valence-corrected chi connectivity index (χ2v) is 9.79. The molecule has 0 aromatic heterocycles. The van der Waals surface area contributed by atoms with Gasteiger partial charge in [-0.1, -0.05) is 55.5 Å². The molecular weight excluding hydrogens is 463 g/mol. The van der Waals surface area contributed by atoms with Gasteiger partial charge >= 0.3 is 6.03 Å². The predicted molar refractivity (Wildman–Crippen MR) is 130 cm³/mol. The first kappa shape index (κ1) is 24.1. The second kappa shape index (κ2) is 10.5. The van der Waals surface area contributed by atoms with Gasteiger partial charge in [0.15, 0.2) is 18.2 Å². The first-order chi connectivity index (χ1) is 15.9. The Morgan fingerprint density at radius 2 is 1.85 bits per heavy atom. The number of likely N-dealkylation sites (N-methyl/N-ethyl adjacent to an activating group) is 1. The van der Waals surface area contributed by atoms with Gasteiger partial charge in [0, 0.05) is 56.4 Å². The highest BCUT2D eigenvalue weighted by atomic mass is 35.5. The van der Waals surface area contributed by atoms with Gasteiger partial charge in [-0.3, -0.25) is 15.0 Å². The molecule has 0 radical (unpaired) electrons. The maximum Gasteiger partial charge on any atom is 0.325 e. The van der Waals surface area contributed by atoms with Crippen LogP contribution in [0.1, 0.15) is 38.2 Å². The maximum absolute atomic E-state index is 12.7. The van der Waals surface area contributed by atoms with Crippen LogP contribution in [0.2, 0.25) is 10.0 Å². The van der Waals surface area contributed by atoms with Crippen molar-refractivity contribution in [3.63, 3.8) is 0 Å². The van der Waals surface area contributed by atoms with E-state index in [0.717, 1.165) is 70.1 Å². The lowest BCUT2D eigenvalue weighted by atomic mass is 10.1. The molecule has 1 aromatic carbocycles. The molecule has 2 atom stereocenters. The Bertz CT molecular complexity index is 918. The molecule has 1 aromatic rings. The van der Waals surface area contributed by atoms with E-state index in [-0.39, 0.29) is 11.9 Å². The summed E-state index contributed by atoms with van der Waals surface area (Å²) in [6.45, 7) is 7.03. The molecule has 2 unspecified atom stereocenters. The van der Waals surface area contributed by atoms with Crippen LogP contribution >= 0.6 is 23.2 Å². The van der Waals surface area contributed by atoms with E-state index in [1.165, 1.54) is 11.3 Å². The number of imide groups is 1. The average molecular weight is 495 g/mol. The van der Waals surface area contributed by atoms with Crippen LogP contribution in [0.5, 0.6) is 0 Å². The van der Waals surface area contributed by atoms with Crippen molar-refractivity contribution in [2.24, 2.45) is 4.99 Å². The molecule has 3 heterocycles. The number of piperazine rings is 1. The van der Waals surface area contributed by atoms with E-state index in [2.05, 4.69) is 26.9 Å². The summed E-state index contributed by atoms with van der Waals surface area (Å²) < 4.78 is 0. The van der Waals surface area contributed by atoms with Crippen molar-refractivity contribution in [2.75, 3.05) is 39.8 Å². The summed E-state index contributed by atoms with van der Waals surface area (Å²) in [4.78, 5) is 38.1. The number of urea groups is 1. The van der Waals surface area contributed by atoms with Crippen molar-refractivity contribution >= 4 is 41.1 Å². The van der Waals surface area contributed by atoms with Crippen molar-refractivity contribution in [2.45, 2.75) is 51.4 Å². The number of nitrogens with zero attached hydrogens (tertiary/aromatic N) is 5. The fourth-order valence-electron chi connectivity index (χ4n) is 4.72. The van der Waals surface area contributed by atoms with Gasteiger partial charge in [-0.15, -0.1) is 0 Å². The standard InChI is InChI=1S/C23H32Cl2N6O2/c1-3-4-5-6-9-31-19-20(28(2)23(33)27-21(19)32)26-22(31)30-12-10-29(11-13-30)15-16-7-8-17(24)14-18(16)25/h7-8,14,19-20H,3-6,9-13,15H2,1-2H3,(H,27,32,33). The number of hydrogen-bond acceptors (Lipinski definition) is 6. The molecule has 0 spiro atoms. The van der Waals surface area contributed by atoms with Gasteiger partial charge in [-0.2, -0.15) is 0 Å². The van der Waals surface area contributed by atoms with Crippen LogP contribution in [0.15, 0.2) is 23.2 Å². The minimum absolute atomic E-state index is 0.256. The topological polar surface area (TPSA) is 71.5 Å². The summed E-state index contributed by atoms with van der Waals surface area (Å²) in [6, 6.07) is 4.78. The molecule has 3 aliphatic heterocycles. The number of benzene rings is 1.